The van der Waals surface area contributed by atoms with Gasteiger partial charge in [-0.05, 0) is 74.4 Å². The third-order valence-corrected chi connectivity index (χ3v) is 10.3. The Hall–Kier alpha value is -1.20. The molecule has 11 heteroatoms. The largest absolute Gasteiger partial charge is 0.490 e. The molecule has 0 aliphatic heterocycles. The van der Waals surface area contributed by atoms with Crippen molar-refractivity contribution in [1.29, 1.82) is 0 Å². The molecule has 0 amide bonds. The molecule has 208 valence electrons. The van der Waals surface area contributed by atoms with E-state index >= 15 is 0 Å². The lowest BCUT2D eigenvalue weighted by molar-refractivity contribution is -0.231. The number of ether oxygens (including phenoxy) is 3. The van der Waals surface area contributed by atoms with Crippen LogP contribution in [0.4, 0.5) is 13.2 Å². The summed E-state index contributed by atoms with van der Waals surface area (Å²) >= 11 is 2.76. The van der Waals surface area contributed by atoms with Gasteiger partial charge >= 0.3 is 18.1 Å². The van der Waals surface area contributed by atoms with E-state index in [0.717, 1.165) is 5.57 Å². The molecule has 0 heterocycles. The zero-order chi connectivity index (χ0) is 27.2. The van der Waals surface area contributed by atoms with E-state index in [9.17, 15) is 27.6 Å². The molecular formula is C26H35F3O6S2. The number of rotatable bonds is 7. The number of halogens is 3. The van der Waals surface area contributed by atoms with Gasteiger partial charge < -0.3 is 14.2 Å². The summed E-state index contributed by atoms with van der Waals surface area (Å²) in [6.07, 6.45) is 2.33. The molecule has 7 atom stereocenters. The fraction of sp³-hybridized carbons (Fsp3) is 0.808. The van der Waals surface area contributed by atoms with Gasteiger partial charge in [0.15, 0.2) is 11.4 Å². The molecule has 0 spiro atoms. The van der Waals surface area contributed by atoms with E-state index in [1.54, 1.807) is 6.08 Å². The Kier molecular flexibility index (Phi) is 8.10. The van der Waals surface area contributed by atoms with Crippen molar-refractivity contribution >= 4 is 41.2 Å². The van der Waals surface area contributed by atoms with Gasteiger partial charge in [0.25, 0.3) is 0 Å². The molecule has 0 aromatic heterocycles. The summed E-state index contributed by atoms with van der Waals surface area (Å²) in [6, 6.07) is 0. The van der Waals surface area contributed by atoms with Gasteiger partial charge in [0.05, 0.1) is 5.94 Å². The minimum Gasteiger partial charge on any atom is -0.455 e. The van der Waals surface area contributed by atoms with Crippen LogP contribution in [-0.4, -0.2) is 60.0 Å². The molecule has 0 aromatic carbocycles. The van der Waals surface area contributed by atoms with Crippen LogP contribution in [0, 0.1) is 28.6 Å². The summed E-state index contributed by atoms with van der Waals surface area (Å²) in [6.45, 7) is 3.90. The van der Waals surface area contributed by atoms with Crippen LogP contribution in [-0.2, 0) is 28.6 Å². The number of carbonyl (C=O) groups excluding carboxylic acids is 3. The normalized spacial score (nSPS) is 39.2. The Morgan fingerprint density at radius 2 is 1.78 bits per heavy atom. The summed E-state index contributed by atoms with van der Waals surface area (Å²) in [7, 11) is 0. The van der Waals surface area contributed by atoms with Crippen LogP contribution in [0.15, 0.2) is 11.6 Å². The molecule has 0 bridgehead atoms. The summed E-state index contributed by atoms with van der Waals surface area (Å²) in [4.78, 5) is 38.0. The number of carbonyl (C=O) groups is 3. The second-order valence-corrected chi connectivity index (χ2v) is 12.8. The van der Waals surface area contributed by atoms with Crippen molar-refractivity contribution in [2.24, 2.45) is 28.6 Å². The van der Waals surface area contributed by atoms with Crippen molar-refractivity contribution in [2.75, 3.05) is 24.4 Å². The molecule has 0 saturated heterocycles. The SMILES string of the molecule is CSCOC(=O)C1(OCSC)CC[C@H]2[C@@H]3CCC4=CC(=O)CC[C@]4(C)[C@@H]3C(OC(=O)C(F)(F)F)C[C@@]21C. The number of ketones is 1. The Balaban J connectivity index is 1.80. The van der Waals surface area contributed by atoms with Crippen molar-refractivity contribution < 1.29 is 41.8 Å². The number of allylic oxidation sites excluding steroid dienone is 1. The van der Waals surface area contributed by atoms with Crippen LogP contribution >= 0.6 is 23.5 Å². The van der Waals surface area contributed by atoms with E-state index in [-0.39, 0.29) is 41.8 Å². The van der Waals surface area contributed by atoms with Crippen LogP contribution in [0.5, 0.6) is 0 Å². The number of thioether (sulfide) groups is 2. The van der Waals surface area contributed by atoms with Crippen LogP contribution in [0.1, 0.15) is 58.8 Å². The molecule has 2 unspecified atom stereocenters. The molecule has 0 aromatic rings. The summed E-state index contributed by atoms with van der Waals surface area (Å²) in [5, 5.41) is 0. The fourth-order valence-corrected chi connectivity index (χ4v) is 8.52. The van der Waals surface area contributed by atoms with Gasteiger partial charge in [0.2, 0.25) is 0 Å². The first kappa shape index (κ1) is 28.8. The molecule has 0 N–H and O–H groups in total. The highest BCUT2D eigenvalue weighted by Gasteiger charge is 2.71. The van der Waals surface area contributed by atoms with Gasteiger partial charge in [-0.3, -0.25) is 4.79 Å². The second-order valence-electron chi connectivity index (χ2n) is 11.2. The second kappa shape index (κ2) is 10.4. The third kappa shape index (κ3) is 4.75. The Labute approximate surface area is 224 Å². The van der Waals surface area contributed by atoms with E-state index in [1.165, 1.54) is 23.5 Å². The van der Waals surface area contributed by atoms with Crippen molar-refractivity contribution in [3.8, 4) is 0 Å². The van der Waals surface area contributed by atoms with Gasteiger partial charge in [-0.2, -0.15) is 13.2 Å². The minimum absolute atomic E-state index is 0.0253. The lowest BCUT2D eigenvalue weighted by atomic mass is 9.45. The molecule has 4 aliphatic rings. The maximum absolute atomic E-state index is 13.6. The molecule has 37 heavy (non-hydrogen) atoms. The Morgan fingerprint density at radius 3 is 2.43 bits per heavy atom. The Bertz CT molecular complexity index is 970. The van der Waals surface area contributed by atoms with Crippen LogP contribution in [0.2, 0.25) is 0 Å². The van der Waals surface area contributed by atoms with Gasteiger partial charge in [-0.1, -0.05) is 19.4 Å². The first-order chi connectivity index (χ1) is 17.3. The lowest BCUT2D eigenvalue weighted by Gasteiger charge is -2.61. The minimum atomic E-state index is -5.14. The molecule has 0 radical (unpaired) electrons. The maximum atomic E-state index is 13.6. The summed E-state index contributed by atoms with van der Waals surface area (Å²) in [5.41, 5.74) is -1.86. The van der Waals surface area contributed by atoms with E-state index in [2.05, 4.69) is 0 Å². The van der Waals surface area contributed by atoms with Crippen molar-refractivity contribution in [2.45, 2.75) is 76.7 Å². The van der Waals surface area contributed by atoms with Crippen molar-refractivity contribution in [1.82, 2.24) is 0 Å². The molecular weight excluding hydrogens is 529 g/mol. The number of esters is 2. The topological polar surface area (TPSA) is 78.9 Å². The summed E-state index contributed by atoms with van der Waals surface area (Å²) < 4.78 is 57.4. The number of hydrogen-bond acceptors (Lipinski definition) is 8. The predicted octanol–water partition coefficient (Wildman–Crippen LogP) is 5.54. The van der Waals surface area contributed by atoms with E-state index in [4.69, 9.17) is 14.2 Å². The van der Waals surface area contributed by atoms with Gasteiger partial charge in [-0.15, -0.1) is 23.5 Å². The van der Waals surface area contributed by atoms with Crippen LogP contribution < -0.4 is 0 Å². The van der Waals surface area contributed by atoms with Crippen molar-refractivity contribution in [3.63, 3.8) is 0 Å². The van der Waals surface area contributed by atoms with Gasteiger partial charge in [0.1, 0.15) is 12.0 Å². The van der Waals surface area contributed by atoms with Gasteiger partial charge in [-0.25, -0.2) is 9.59 Å². The third-order valence-electron chi connectivity index (χ3n) is 9.55. The summed E-state index contributed by atoms with van der Waals surface area (Å²) in [5.74, 6) is -2.84. The predicted molar refractivity (Wildman–Crippen MR) is 135 cm³/mol. The lowest BCUT2D eigenvalue weighted by Crippen LogP contribution is -2.63. The average Bonchev–Trinajstić information content (AvgIpc) is 3.13. The van der Waals surface area contributed by atoms with E-state index in [0.29, 0.717) is 38.5 Å². The first-order valence-corrected chi connectivity index (χ1v) is 15.4. The van der Waals surface area contributed by atoms with Gasteiger partial charge in [0, 0.05) is 17.8 Å². The first-order valence-electron chi connectivity index (χ1n) is 12.6. The smallest absolute Gasteiger partial charge is 0.455 e. The molecule has 4 rings (SSSR count). The van der Waals surface area contributed by atoms with E-state index < -0.39 is 40.6 Å². The maximum Gasteiger partial charge on any atom is 0.490 e. The number of alkyl halides is 3. The standard InChI is InChI=1S/C26H35F3O6S2/c1-23-9-7-16(30)11-15(23)5-6-17-18-8-10-25(34-14-37-4,21(31)33-13-36-3)24(18,2)12-19(20(17)23)35-22(32)26(27,28)29/h11,17-20H,5-10,12-14H2,1-4H3/t17-,18-,19?,20-,23-,24-,25?/m0/s1. The molecule has 3 saturated carbocycles. The molecule has 3 fully saturated rings. The van der Waals surface area contributed by atoms with Crippen LogP contribution in [0.25, 0.3) is 0 Å². The van der Waals surface area contributed by atoms with Crippen LogP contribution in [0.3, 0.4) is 0 Å². The molecule has 4 aliphatic carbocycles. The molecule has 6 nitrogen and oxygen atoms in total. The highest BCUT2D eigenvalue weighted by atomic mass is 32.2. The zero-order valence-corrected chi connectivity index (χ0v) is 23.3. The zero-order valence-electron chi connectivity index (χ0n) is 21.7. The fourth-order valence-electron chi connectivity index (χ4n) is 7.97. The number of hydrogen-bond donors (Lipinski definition) is 0. The monoisotopic (exact) mass is 564 g/mol. The highest BCUT2D eigenvalue weighted by molar-refractivity contribution is 7.98. The van der Waals surface area contributed by atoms with E-state index in [1.807, 2.05) is 26.4 Å². The Morgan fingerprint density at radius 1 is 1.08 bits per heavy atom. The number of fused-ring (bicyclic) bond motifs is 5. The highest BCUT2D eigenvalue weighted by Crippen LogP contribution is 2.69. The van der Waals surface area contributed by atoms with Crippen molar-refractivity contribution in [3.05, 3.63) is 11.6 Å². The quantitative estimate of drug-likeness (QED) is 0.295. The average molecular weight is 565 g/mol.